The van der Waals surface area contributed by atoms with Gasteiger partial charge in [0.1, 0.15) is 5.60 Å². The van der Waals surface area contributed by atoms with Gasteiger partial charge in [0, 0.05) is 47.0 Å². The smallest absolute Gasteiger partial charge is 0.306 e. The van der Waals surface area contributed by atoms with E-state index in [1.165, 1.54) is 0 Å². The number of ether oxygens (including phenoxy) is 1. The molecule has 4 N–H and O–H groups in total. The number of unbranched alkanes of at least 4 members (excludes halogenated alkanes) is 1. The molecule has 1 aliphatic rings. The fraction of sp³-hybridized carbons (Fsp3) is 0.256. The van der Waals surface area contributed by atoms with E-state index in [1.54, 1.807) is 24.3 Å². The van der Waals surface area contributed by atoms with Crippen LogP contribution in [0.15, 0.2) is 97.1 Å². The van der Waals surface area contributed by atoms with Gasteiger partial charge in [-0.15, -0.1) is 0 Å². The van der Waals surface area contributed by atoms with Gasteiger partial charge in [0.25, 0.3) is 11.8 Å². The molecule has 48 heavy (non-hydrogen) atoms. The Morgan fingerprint density at radius 1 is 0.812 bits per heavy atom. The predicted octanol–water partition coefficient (Wildman–Crippen LogP) is 7.80. The van der Waals surface area contributed by atoms with Crippen molar-refractivity contribution in [2.45, 2.75) is 58.7 Å². The lowest BCUT2D eigenvalue weighted by atomic mass is 9.98. The minimum Gasteiger partial charge on any atom is -0.460 e. The summed E-state index contributed by atoms with van der Waals surface area (Å²) in [5, 5.41) is 13.4. The maximum atomic E-state index is 13.4. The van der Waals surface area contributed by atoms with E-state index in [4.69, 9.17) is 16.3 Å². The Kier molecular flexibility index (Phi) is 11.3. The molecule has 5 rings (SSSR count). The molecule has 0 aromatic heterocycles. The Morgan fingerprint density at radius 3 is 2.31 bits per heavy atom. The SMILES string of the molecule is CC(C)(C)OC(=O)CCCCNCc1ccc(N/C(=C2\C(=O)Nc3ccc(C(=O)NCc4cccc(Cl)c4)cc32)c2ccccc2)cc1. The van der Waals surface area contributed by atoms with Crippen LogP contribution >= 0.6 is 11.6 Å². The highest BCUT2D eigenvalue weighted by Crippen LogP contribution is 2.38. The molecule has 0 bridgehead atoms. The summed E-state index contributed by atoms with van der Waals surface area (Å²) >= 11 is 6.10. The van der Waals surface area contributed by atoms with Crippen molar-refractivity contribution in [2.24, 2.45) is 0 Å². The molecule has 8 nitrogen and oxygen atoms in total. The zero-order valence-electron chi connectivity index (χ0n) is 27.5. The zero-order valence-corrected chi connectivity index (χ0v) is 28.2. The zero-order chi connectivity index (χ0) is 34.1. The lowest BCUT2D eigenvalue weighted by Gasteiger charge is -2.19. The van der Waals surface area contributed by atoms with Crippen molar-refractivity contribution in [2.75, 3.05) is 17.2 Å². The van der Waals surface area contributed by atoms with E-state index in [1.807, 2.05) is 93.6 Å². The van der Waals surface area contributed by atoms with Crippen LogP contribution in [-0.4, -0.2) is 29.9 Å². The van der Waals surface area contributed by atoms with E-state index in [0.717, 1.165) is 41.8 Å². The van der Waals surface area contributed by atoms with Crippen molar-refractivity contribution in [3.8, 4) is 0 Å². The largest absolute Gasteiger partial charge is 0.460 e. The molecule has 2 amide bonds. The van der Waals surface area contributed by atoms with Crippen molar-refractivity contribution in [1.29, 1.82) is 0 Å². The summed E-state index contributed by atoms with van der Waals surface area (Å²) in [6.07, 6.45) is 2.06. The third kappa shape index (κ3) is 9.56. The number of nitrogens with one attached hydrogen (secondary N) is 4. The first kappa shape index (κ1) is 34.4. The summed E-state index contributed by atoms with van der Waals surface area (Å²) in [4.78, 5) is 38.5. The molecule has 1 heterocycles. The van der Waals surface area contributed by atoms with Crippen LogP contribution in [0.25, 0.3) is 11.3 Å². The van der Waals surface area contributed by atoms with E-state index in [-0.39, 0.29) is 17.8 Å². The first-order valence-corrected chi connectivity index (χ1v) is 16.5. The number of carbonyl (C=O) groups is 3. The first-order chi connectivity index (χ1) is 23.1. The van der Waals surface area contributed by atoms with E-state index in [2.05, 4.69) is 21.3 Å². The van der Waals surface area contributed by atoms with Gasteiger partial charge in [-0.1, -0.05) is 66.2 Å². The minimum atomic E-state index is -0.455. The molecule has 0 atom stereocenters. The minimum absolute atomic E-state index is 0.162. The number of rotatable bonds is 13. The lowest BCUT2D eigenvalue weighted by Crippen LogP contribution is -2.23. The summed E-state index contributed by atoms with van der Waals surface area (Å²) in [6.45, 7) is 7.44. The van der Waals surface area contributed by atoms with Gasteiger partial charge in [-0.2, -0.15) is 0 Å². The molecule has 0 aliphatic carbocycles. The molecule has 0 radical (unpaired) electrons. The average Bonchev–Trinajstić information content (AvgIpc) is 3.39. The molecular formula is C39H41ClN4O4. The Balaban J connectivity index is 1.27. The fourth-order valence-electron chi connectivity index (χ4n) is 5.37. The topological polar surface area (TPSA) is 109 Å². The third-order valence-corrected chi connectivity index (χ3v) is 7.87. The van der Waals surface area contributed by atoms with E-state index < -0.39 is 5.60 Å². The fourth-order valence-corrected chi connectivity index (χ4v) is 5.58. The Labute approximate surface area is 286 Å². The van der Waals surface area contributed by atoms with Crippen molar-refractivity contribution in [3.05, 3.63) is 130 Å². The lowest BCUT2D eigenvalue weighted by molar-refractivity contribution is -0.154. The standard InChI is InChI=1S/C39H41ClN4O4/c1-39(2,3)48-34(45)14-7-8-21-41-24-26-15-18-31(19-16-26)43-36(28-11-5-4-6-12-28)35-32-23-29(17-20-33(32)44-38(35)47)37(46)42-25-27-10-9-13-30(40)22-27/h4-6,9-13,15-20,22-23,41,43H,7-8,14,21,24-25H2,1-3H3,(H,42,46)(H,44,47)/b36-35-. The van der Waals surface area contributed by atoms with Crippen LogP contribution in [-0.2, 0) is 27.4 Å². The number of halogens is 1. The summed E-state index contributed by atoms with van der Waals surface area (Å²) in [5.74, 6) is -0.664. The van der Waals surface area contributed by atoms with Crippen LogP contribution < -0.4 is 21.3 Å². The molecule has 0 saturated heterocycles. The van der Waals surface area contributed by atoms with Crippen molar-refractivity contribution >= 4 is 52.0 Å². The van der Waals surface area contributed by atoms with Crippen LogP contribution in [0, 0.1) is 0 Å². The van der Waals surface area contributed by atoms with Crippen molar-refractivity contribution in [3.63, 3.8) is 0 Å². The van der Waals surface area contributed by atoms with E-state index >= 15 is 0 Å². The first-order valence-electron chi connectivity index (χ1n) is 16.1. The van der Waals surface area contributed by atoms with Gasteiger partial charge in [0.15, 0.2) is 0 Å². The second-order valence-electron chi connectivity index (χ2n) is 12.7. The quantitative estimate of drug-likeness (QED) is 0.0660. The summed E-state index contributed by atoms with van der Waals surface area (Å²) < 4.78 is 5.37. The van der Waals surface area contributed by atoms with Crippen LogP contribution in [0.1, 0.15) is 72.6 Å². The molecule has 0 spiro atoms. The van der Waals surface area contributed by atoms with Crippen molar-refractivity contribution < 1.29 is 19.1 Å². The highest BCUT2D eigenvalue weighted by molar-refractivity contribution is 6.37. The van der Waals surface area contributed by atoms with Gasteiger partial charge in [-0.25, -0.2) is 0 Å². The maximum Gasteiger partial charge on any atom is 0.306 e. The Bertz CT molecular complexity index is 1800. The molecule has 0 saturated carbocycles. The van der Waals surface area contributed by atoms with Crippen LogP contribution in [0.4, 0.5) is 11.4 Å². The number of hydrogen-bond acceptors (Lipinski definition) is 6. The number of amides is 2. The summed E-state index contributed by atoms with van der Waals surface area (Å²) in [6, 6.07) is 30.3. The van der Waals surface area contributed by atoms with Crippen LogP contribution in [0.2, 0.25) is 5.02 Å². The van der Waals surface area contributed by atoms with Crippen LogP contribution in [0.5, 0.6) is 0 Å². The second kappa shape index (κ2) is 15.8. The van der Waals surface area contributed by atoms with Gasteiger partial charge in [-0.05, 0) is 99.3 Å². The molecule has 1 aliphatic heterocycles. The molecule has 4 aromatic rings. The maximum absolute atomic E-state index is 13.4. The number of fused-ring (bicyclic) bond motifs is 1. The number of benzene rings is 4. The second-order valence-corrected chi connectivity index (χ2v) is 13.1. The van der Waals surface area contributed by atoms with Gasteiger partial charge in [0.2, 0.25) is 0 Å². The molecule has 9 heteroatoms. The number of hydrogen-bond donors (Lipinski definition) is 4. The van der Waals surface area contributed by atoms with Crippen molar-refractivity contribution in [1.82, 2.24) is 10.6 Å². The normalized spacial score (nSPS) is 13.4. The molecular weight excluding hydrogens is 624 g/mol. The monoisotopic (exact) mass is 664 g/mol. The molecule has 4 aromatic carbocycles. The highest BCUT2D eigenvalue weighted by Gasteiger charge is 2.29. The number of carbonyl (C=O) groups excluding carboxylic acids is 3. The predicted molar refractivity (Wildman–Crippen MR) is 192 cm³/mol. The molecule has 248 valence electrons. The van der Waals surface area contributed by atoms with Gasteiger partial charge in [0.05, 0.1) is 11.3 Å². The third-order valence-electron chi connectivity index (χ3n) is 7.64. The highest BCUT2D eigenvalue weighted by atomic mass is 35.5. The van der Waals surface area contributed by atoms with Gasteiger partial charge in [-0.3, -0.25) is 14.4 Å². The van der Waals surface area contributed by atoms with Crippen LogP contribution in [0.3, 0.4) is 0 Å². The van der Waals surface area contributed by atoms with E-state index in [9.17, 15) is 14.4 Å². The van der Waals surface area contributed by atoms with Gasteiger partial charge < -0.3 is 26.0 Å². The summed E-state index contributed by atoms with van der Waals surface area (Å²) in [5.41, 5.74) is 6.03. The van der Waals surface area contributed by atoms with E-state index in [0.29, 0.717) is 52.6 Å². The Morgan fingerprint density at radius 2 is 1.58 bits per heavy atom. The number of esters is 1. The molecule has 0 fully saturated rings. The molecule has 0 unspecified atom stereocenters. The number of anilines is 2. The van der Waals surface area contributed by atoms with Gasteiger partial charge >= 0.3 is 5.97 Å². The average molecular weight is 665 g/mol. The Hall–Kier alpha value is -4.92. The summed E-state index contributed by atoms with van der Waals surface area (Å²) in [7, 11) is 0.